The van der Waals surface area contributed by atoms with E-state index in [2.05, 4.69) is 4.98 Å². The molecule has 2 aromatic heterocycles. The van der Waals surface area contributed by atoms with Crippen LogP contribution in [0.1, 0.15) is 35.5 Å². The topological polar surface area (TPSA) is 110 Å². The number of aromatic amines is 1. The molecule has 0 saturated heterocycles. The van der Waals surface area contributed by atoms with Crippen LogP contribution in [0.3, 0.4) is 0 Å². The molecule has 0 spiro atoms. The predicted octanol–water partition coefficient (Wildman–Crippen LogP) is 3.83. The summed E-state index contributed by atoms with van der Waals surface area (Å²) in [4.78, 5) is 28.9. The van der Waals surface area contributed by atoms with Gasteiger partial charge in [0.15, 0.2) is 0 Å². The molecule has 188 valence electrons. The molecule has 4 aromatic rings. The van der Waals surface area contributed by atoms with E-state index in [-0.39, 0.29) is 30.8 Å². The standard InChI is InChI=1S/C25H22FN3O5S.CH4/c1-35(32,33)28-25(31)22-20(17-8-4-12-27-24(17)30)21-19(11-10-15-7-5-13-34-23(15)21)29(22)14-16-6-2-3-9-18(16)26;/h2-4,6,8-12H,5,7,13-14H2,1H3,(H,27,30)(H,28,31);1H4. The Morgan fingerprint density at radius 2 is 1.94 bits per heavy atom. The van der Waals surface area contributed by atoms with Crippen molar-refractivity contribution in [2.75, 3.05) is 12.9 Å². The minimum absolute atomic E-state index is 0. The Bertz CT molecular complexity index is 1640. The normalized spacial score (nSPS) is 12.9. The first-order chi connectivity index (χ1) is 16.7. The molecule has 0 radical (unpaired) electrons. The summed E-state index contributed by atoms with van der Waals surface area (Å²) in [5, 5.41) is 0.508. The molecule has 1 amide bonds. The van der Waals surface area contributed by atoms with Crippen LogP contribution in [0.2, 0.25) is 0 Å². The van der Waals surface area contributed by atoms with E-state index in [1.807, 2.05) is 10.8 Å². The summed E-state index contributed by atoms with van der Waals surface area (Å²) in [6.07, 6.45) is 3.90. The number of hydrogen-bond acceptors (Lipinski definition) is 5. The Kier molecular flexibility index (Phi) is 6.73. The molecule has 3 heterocycles. The minimum Gasteiger partial charge on any atom is -0.493 e. The van der Waals surface area contributed by atoms with E-state index in [0.717, 1.165) is 24.7 Å². The Labute approximate surface area is 207 Å². The summed E-state index contributed by atoms with van der Waals surface area (Å²) in [5.74, 6) is -0.868. The highest BCUT2D eigenvalue weighted by molar-refractivity contribution is 7.89. The van der Waals surface area contributed by atoms with E-state index in [0.29, 0.717) is 28.8 Å². The van der Waals surface area contributed by atoms with Gasteiger partial charge >= 0.3 is 0 Å². The Morgan fingerprint density at radius 3 is 2.67 bits per heavy atom. The van der Waals surface area contributed by atoms with Crippen LogP contribution in [-0.4, -0.2) is 36.7 Å². The lowest BCUT2D eigenvalue weighted by Gasteiger charge is -2.19. The van der Waals surface area contributed by atoms with Crippen LogP contribution in [0.5, 0.6) is 5.75 Å². The fraction of sp³-hybridized carbons (Fsp3) is 0.231. The van der Waals surface area contributed by atoms with Gasteiger partial charge in [0.1, 0.15) is 17.3 Å². The van der Waals surface area contributed by atoms with Crippen molar-refractivity contribution >= 4 is 26.8 Å². The number of hydrogen-bond donors (Lipinski definition) is 2. The summed E-state index contributed by atoms with van der Waals surface area (Å²) in [6.45, 7) is 0.388. The molecule has 0 bridgehead atoms. The van der Waals surface area contributed by atoms with Crippen molar-refractivity contribution in [3.63, 3.8) is 0 Å². The van der Waals surface area contributed by atoms with E-state index in [9.17, 15) is 22.4 Å². The quantitative estimate of drug-likeness (QED) is 0.423. The Hall–Kier alpha value is -3.92. The second-order valence-corrected chi connectivity index (χ2v) is 10.2. The molecule has 0 fully saturated rings. The predicted molar refractivity (Wildman–Crippen MR) is 136 cm³/mol. The number of amides is 1. The van der Waals surface area contributed by atoms with E-state index in [4.69, 9.17) is 4.74 Å². The number of nitrogens with zero attached hydrogens (tertiary/aromatic N) is 1. The molecule has 1 aliphatic rings. The molecule has 2 aromatic carbocycles. The highest BCUT2D eigenvalue weighted by atomic mass is 32.2. The monoisotopic (exact) mass is 511 g/mol. The van der Waals surface area contributed by atoms with Crippen molar-refractivity contribution in [1.29, 1.82) is 0 Å². The minimum atomic E-state index is -3.94. The summed E-state index contributed by atoms with van der Waals surface area (Å²) in [6, 6.07) is 13.0. The molecule has 0 atom stereocenters. The maximum Gasteiger partial charge on any atom is 0.282 e. The maximum absolute atomic E-state index is 14.7. The molecular formula is C26H26FN3O5S. The van der Waals surface area contributed by atoms with Gasteiger partial charge in [0.2, 0.25) is 10.0 Å². The van der Waals surface area contributed by atoms with Crippen molar-refractivity contribution < 1.29 is 22.3 Å². The van der Waals surface area contributed by atoms with Crippen molar-refractivity contribution in [1.82, 2.24) is 14.3 Å². The SMILES string of the molecule is C.CS(=O)(=O)NC(=O)c1c(-c2ccc[nH]c2=O)c2c3c(ccc2n1Cc1ccccc1F)CCCO3. The first kappa shape index (κ1) is 25.2. The van der Waals surface area contributed by atoms with Gasteiger partial charge in [-0.3, -0.25) is 9.59 Å². The van der Waals surface area contributed by atoms with Gasteiger partial charge in [0.25, 0.3) is 11.5 Å². The third-order valence-electron chi connectivity index (χ3n) is 5.97. The average molecular weight is 512 g/mol. The number of carbonyl (C=O) groups is 1. The number of aromatic nitrogens is 2. The zero-order valence-electron chi connectivity index (χ0n) is 18.8. The fourth-order valence-corrected chi connectivity index (χ4v) is 4.98. The average Bonchev–Trinajstić information content (AvgIpc) is 3.14. The number of nitrogens with one attached hydrogen (secondary N) is 2. The second kappa shape index (κ2) is 9.62. The highest BCUT2D eigenvalue weighted by Gasteiger charge is 2.31. The van der Waals surface area contributed by atoms with Gasteiger partial charge < -0.3 is 14.3 Å². The highest BCUT2D eigenvalue weighted by Crippen LogP contribution is 2.43. The lowest BCUT2D eigenvalue weighted by Crippen LogP contribution is -2.32. The number of sulfonamides is 1. The van der Waals surface area contributed by atoms with Gasteiger partial charge in [-0.05, 0) is 42.7 Å². The number of rotatable bonds is 5. The summed E-state index contributed by atoms with van der Waals surface area (Å²) >= 11 is 0. The number of carbonyl (C=O) groups excluding carboxylic acids is 1. The van der Waals surface area contributed by atoms with Crippen molar-refractivity contribution in [2.24, 2.45) is 0 Å². The zero-order chi connectivity index (χ0) is 24.7. The third kappa shape index (κ3) is 4.51. The van der Waals surface area contributed by atoms with Crippen LogP contribution in [0.25, 0.3) is 22.0 Å². The summed E-state index contributed by atoms with van der Waals surface area (Å²) in [5.41, 5.74) is 1.60. The zero-order valence-corrected chi connectivity index (χ0v) is 19.6. The molecule has 10 heteroatoms. The van der Waals surface area contributed by atoms with Gasteiger partial charge in [0, 0.05) is 17.3 Å². The van der Waals surface area contributed by atoms with Gasteiger partial charge in [-0.25, -0.2) is 17.5 Å². The molecule has 0 unspecified atom stereocenters. The van der Waals surface area contributed by atoms with Crippen molar-refractivity contribution in [2.45, 2.75) is 26.8 Å². The first-order valence-corrected chi connectivity index (χ1v) is 12.9. The van der Waals surface area contributed by atoms with Crippen LogP contribution in [0.15, 0.2) is 59.5 Å². The number of ether oxygens (including phenoxy) is 1. The lowest BCUT2D eigenvalue weighted by molar-refractivity contribution is 0.0974. The molecule has 0 aliphatic carbocycles. The molecule has 5 rings (SSSR count). The van der Waals surface area contributed by atoms with Gasteiger partial charge in [0.05, 0.1) is 35.9 Å². The fourth-order valence-electron chi connectivity index (χ4n) is 4.55. The van der Waals surface area contributed by atoms with Crippen LogP contribution < -0.4 is 15.0 Å². The molecule has 8 nitrogen and oxygen atoms in total. The Morgan fingerprint density at radius 1 is 1.17 bits per heavy atom. The third-order valence-corrected chi connectivity index (χ3v) is 6.52. The largest absolute Gasteiger partial charge is 0.493 e. The van der Waals surface area contributed by atoms with Crippen molar-refractivity contribution in [3.8, 4) is 16.9 Å². The maximum atomic E-state index is 14.7. The van der Waals surface area contributed by atoms with E-state index >= 15 is 0 Å². The number of aryl methyl sites for hydroxylation is 1. The van der Waals surface area contributed by atoms with Crippen LogP contribution in [0, 0.1) is 5.82 Å². The van der Waals surface area contributed by atoms with E-state index in [1.54, 1.807) is 36.4 Å². The lowest BCUT2D eigenvalue weighted by atomic mass is 9.97. The summed E-state index contributed by atoms with van der Waals surface area (Å²) < 4.78 is 48.2. The van der Waals surface area contributed by atoms with Crippen LogP contribution >= 0.6 is 0 Å². The van der Waals surface area contributed by atoms with Crippen LogP contribution in [-0.2, 0) is 23.0 Å². The van der Waals surface area contributed by atoms with Gasteiger partial charge in [-0.2, -0.15) is 0 Å². The molecule has 36 heavy (non-hydrogen) atoms. The van der Waals surface area contributed by atoms with E-state index in [1.165, 1.54) is 16.8 Å². The molecule has 2 N–H and O–H groups in total. The number of fused-ring (bicyclic) bond motifs is 3. The van der Waals surface area contributed by atoms with Crippen molar-refractivity contribution in [3.05, 3.63) is 87.7 Å². The number of pyridine rings is 1. The summed E-state index contributed by atoms with van der Waals surface area (Å²) in [7, 11) is -3.94. The van der Waals surface area contributed by atoms with Crippen LogP contribution in [0.4, 0.5) is 4.39 Å². The Balaban J connectivity index is 0.00000304. The molecular weight excluding hydrogens is 485 g/mol. The number of halogens is 1. The molecule has 1 aliphatic heterocycles. The number of benzene rings is 2. The first-order valence-electron chi connectivity index (χ1n) is 11.0. The van der Waals surface area contributed by atoms with Gasteiger partial charge in [-0.1, -0.05) is 31.7 Å². The number of H-pyrrole nitrogens is 1. The van der Waals surface area contributed by atoms with E-state index < -0.39 is 27.3 Å². The smallest absolute Gasteiger partial charge is 0.282 e. The van der Waals surface area contributed by atoms with Gasteiger partial charge in [-0.15, -0.1) is 0 Å². The molecule has 0 saturated carbocycles. The second-order valence-electron chi connectivity index (χ2n) is 8.42.